The molecule has 1 aliphatic heterocycles. The van der Waals surface area contributed by atoms with Crippen LogP contribution in [-0.4, -0.2) is 53.3 Å². The minimum atomic E-state index is -2.02. The number of aromatic nitrogens is 4. The smallest absolute Gasteiger partial charge is 0.409 e. The summed E-state index contributed by atoms with van der Waals surface area (Å²) in [6.45, 7) is 20.3. The molecule has 39 heavy (non-hydrogen) atoms. The van der Waals surface area contributed by atoms with Gasteiger partial charge in [-0.1, -0.05) is 27.7 Å². The van der Waals surface area contributed by atoms with Crippen LogP contribution in [0.25, 0.3) is 11.3 Å². The molecule has 0 unspecified atom stereocenters. The lowest BCUT2D eigenvalue weighted by Crippen LogP contribution is -2.47. The summed E-state index contributed by atoms with van der Waals surface area (Å²) in [5.74, 6) is 1.09. The van der Waals surface area contributed by atoms with Crippen molar-refractivity contribution in [2.45, 2.75) is 78.0 Å². The highest BCUT2D eigenvalue weighted by atomic mass is 28.4. The highest BCUT2D eigenvalue weighted by Gasteiger charge is 2.46. The lowest BCUT2D eigenvalue weighted by molar-refractivity contribution is 0.218. The van der Waals surface area contributed by atoms with Crippen molar-refractivity contribution in [2.75, 3.05) is 23.3 Å². The van der Waals surface area contributed by atoms with E-state index in [9.17, 15) is 10.3 Å². The SMILES string of the molecule is CB(O)N1C[C@@](C)(CO[Si](C)(C)C(C)(C)C)c2cc(-c3ccnc(Nc4ccn(C(C)C)n4)n3)cc(C#N)c21. The van der Waals surface area contributed by atoms with Crippen molar-refractivity contribution < 1.29 is 9.45 Å². The Labute approximate surface area is 233 Å². The van der Waals surface area contributed by atoms with Crippen LogP contribution in [0.3, 0.4) is 0 Å². The highest BCUT2D eigenvalue weighted by molar-refractivity contribution is 6.74. The van der Waals surface area contributed by atoms with Crippen LogP contribution in [0.2, 0.25) is 25.0 Å². The third-order valence-electron chi connectivity index (χ3n) is 8.02. The van der Waals surface area contributed by atoms with Crippen molar-refractivity contribution in [3.8, 4) is 17.3 Å². The summed E-state index contributed by atoms with van der Waals surface area (Å²) in [4.78, 5) is 11.0. The molecule has 0 saturated carbocycles. The first-order chi connectivity index (χ1) is 18.1. The van der Waals surface area contributed by atoms with E-state index in [2.05, 4.69) is 82.2 Å². The van der Waals surface area contributed by atoms with E-state index >= 15 is 0 Å². The average molecular weight is 546 g/mol. The van der Waals surface area contributed by atoms with Gasteiger partial charge in [0.1, 0.15) is 6.07 Å². The summed E-state index contributed by atoms with van der Waals surface area (Å²) in [6, 6.07) is 10.3. The van der Waals surface area contributed by atoms with Gasteiger partial charge in [0.05, 0.1) is 11.3 Å². The number of rotatable bonds is 8. The number of nitrogens with one attached hydrogen (secondary N) is 1. The van der Waals surface area contributed by atoms with Gasteiger partial charge in [-0.05, 0) is 62.6 Å². The zero-order valence-corrected chi connectivity index (χ0v) is 25.6. The number of hydrogen-bond donors (Lipinski definition) is 2. The van der Waals surface area contributed by atoms with E-state index in [4.69, 9.17) is 9.41 Å². The summed E-state index contributed by atoms with van der Waals surface area (Å²) < 4.78 is 8.56. The van der Waals surface area contributed by atoms with Gasteiger partial charge < -0.3 is 19.6 Å². The quantitative estimate of drug-likeness (QED) is 0.345. The van der Waals surface area contributed by atoms with E-state index in [1.807, 2.05) is 33.9 Å². The molecular formula is C28H40BN7O2Si. The van der Waals surface area contributed by atoms with Crippen LogP contribution in [0.4, 0.5) is 17.5 Å². The molecule has 11 heteroatoms. The van der Waals surface area contributed by atoms with Gasteiger partial charge in [-0.15, -0.1) is 0 Å². The molecule has 2 aromatic heterocycles. The van der Waals surface area contributed by atoms with Crippen molar-refractivity contribution >= 4 is 32.8 Å². The van der Waals surface area contributed by atoms with Crippen LogP contribution in [0.15, 0.2) is 36.7 Å². The molecule has 0 amide bonds. The van der Waals surface area contributed by atoms with Crippen LogP contribution in [0.1, 0.15) is 58.7 Å². The number of fused-ring (bicyclic) bond motifs is 1. The highest BCUT2D eigenvalue weighted by Crippen LogP contribution is 2.47. The molecule has 0 saturated heterocycles. The average Bonchev–Trinajstić information content (AvgIpc) is 3.45. The Morgan fingerprint density at radius 2 is 2.00 bits per heavy atom. The number of nitriles is 1. The third-order valence-corrected chi connectivity index (χ3v) is 12.5. The Kier molecular flexibility index (Phi) is 7.69. The Morgan fingerprint density at radius 3 is 2.59 bits per heavy atom. The Hall–Kier alpha value is -3.20. The largest absolute Gasteiger partial charge is 0.432 e. The van der Waals surface area contributed by atoms with Crippen molar-refractivity contribution in [1.82, 2.24) is 19.7 Å². The lowest BCUT2D eigenvalue weighted by Gasteiger charge is -2.39. The van der Waals surface area contributed by atoms with E-state index in [1.165, 1.54) is 0 Å². The van der Waals surface area contributed by atoms with Gasteiger partial charge in [0.2, 0.25) is 5.95 Å². The van der Waals surface area contributed by atoms with Crippen molar-refractivity contribution in [2.24, 2.45) is 0 Å². The first kappa shape index (κ1) is 28.8. The zero-order valence-electron chi connectivity index (χ0n) is 24.6. The van der Waals surface area contributed by atoms with E-state index in [0.29, 0.717) is 36.2 Å². The molecule has 0 aliphatic carbocycles. The molecule has 4 rings (SSSR count). The number of hydrogen-bond acceptors (Lipinski definition) is 8. The number of anilines is 3. The molecule has 9 nitrogen and oxygen atoms in total. The maximum absolute atomic E-state index is 10.7. The first-order valence-electron chi connectivity index (χ1n) is 13.5. The molecule has 2 N–H and O–H groups in total. The topological polar surface area (TPSA) is 112 Å². The Morgan fingerprint density at radius 1 is 1.28 bits per heavy atom. The van der Waals surface area contributed by atoms with Crippen molar-refractivity contribution in [1.29, 1.82) is 5.26 Å². The summed E-state index contributed by atoms with van der Waals surface area (Å²) in [5, 5.41) is 28.6. The fraction of sp³-hybridized carbons (Fsp3) is 0.500. The molecule has 0 bridgehead atoms. The predicted octanol–water partition coefficient (Wildman–Crippen LogP) is 5.75. The normalized spacial score (nSPS) is 17.3. The Balaban J connectivity index is 1.73. The second-order valence-corrected chi connectivity index (χ2v) is 17.4. The maximum atomic E-state index is 10.7. The molecule has 0 spiro atoms. The van der Waals surface area contributed by atoms with Crippen molar-refractivity contribution in [3.05, 3.63) is 47.8 Å². The maximum Gasteiger partial charge on any atom is 0.409 e. The van der Waals surface area contributed by atoms with Crippen LogP contribution in [0, 0.1) is 11.3 Å². The van der Waals surface area contributed by atoms with Gasteiger partial charge in [-0.3, -0.25) is 4.68 Å². The monoisotopic (exact) mass is 545 g/mol. The second-order valence-electron chi connectivity index (χ2n) is 12.6. The molecule has 3 aromatic rings. The van der Waals surface area contributed by atoms with E-state index in [1.54, 1.807) is 13.0 Å². The van der Waals surface area contributed by atoms with E-state index < -0.39 is 20.8 Å². The molecule has 3 heterocycles. The number of benzene rings is 1. The van der Waals surface area contributed by atoms with Crippen molar-refractivity contribution in [3.63, 3.8) is 0 Å². The summed E-state index contributed by atoms with van der Waals surface area (Å²) in [6.07, 6.45) is 3.61. The lowest BCUT2D eigenvalue weighted by atomic mass is 9.83. The fourth-order valence-corrected chi connectivity index (χ4v) is 5.67. The molecule has 1 atom stereocenters. The van der Waals surface area contributed by atoms with Gasteiger partial charge >= 0.3 is 7.05 Å². The van der Waals surface area contributed by atoms with Crippen LogP contribution in [0.5, 0.6) is 0 Å². The van der Waals surface area contributed by atoms with Gasteiger partial charge in [0.15, 0.2) is 14.1 Å². The molecular weight excluding hydrogens is 505 g/mol. The third kappa shape index (κ3) is 5.74. The van der Waals surface area contributed by atoms with Crippen LogP contribution >= 0.6 is 0 Å². The molecule has 1 aromatic carbocycles. The number of nitrogens with zero attached hydrogens (tertiary/aromatic N) is 6. The summed E-state index contributed by atoms with van der Waals surface area (Å²) in [5.41, 5.74) is 3.35. The molecule has 0 radical (unpaired) electrons. The van der Waals surface area contributed by atoms with Gasteiger partial charge in [0.25, 0.3) is 0 Å². The first-order valence-corrected chi connectivity index (χ1v) is 16.4. The van der Waals surface area contributed by atoms with E-state index in [-0.39, 0.29) is 11.1 Å². The fourth-order valence-electron chi connectivity index (χ4n) is 4.56. The Bertz CT molecular complexity index is 1390. The summed E-state index contributed by atoms with van der Waals surface area (Å²) >= 11 is 0. The second kappa shape index (κ2) is 10.4. The van der Waals surface area contributed by atoms with Crippen LogP contribution < -0.4 is 10.1 Å². The summed E-state index contributed by atoms with van der Waals surface area (Å²) in [7, 11) is -2.76. The molecule has 1 aliphatic rings. The van der Waals surface area contributed by atoms with Crippen LogP contribution in [-0.2, 0) is 9.84 Å². The van der Waals surface area contributed by atoms with Gasteiger partial charge in [0, 0.05) is 54.3 Å². The molecule has 206 valence electrons. The molecule has 0 fully saturated rings. The van der Waals surface area contributed by atoms with E-state index in [0.717, 1.165) is 16.8 Å². The minimum absolute atomic E-state index is 0.0732. The van der Waals surface area contributed by atoms with Gasteiger partial charge in [-0.2, -0.15) is 10.4 Å². The minimum Gasteiger partial charge on any atom is -0.432 e. The zero-order chi connectivity index (χ0) is 28.8. The standard InChI is InChI=1S/C28H40BN7O2Si/c1-19(2)36-13-11-24(34-36)33-26-31-12-10-23(32-26)20-14-21(16-30)25-22(15-20)28(6,17-35(25)29(7)37)18-38-39(8,9)27(3,4)5/h10-15,19,37H,17-18H2,1-9H3,(H,31,32,33,34)/t28-/m0/s1. The van der Waals surface area contributed by atoms with Gasteiger partial charge in [-0.25, -0.2) is 9.97 Å². The predicted molar refractivity (Wildman–Crippen MR) is 160 cm³/mol.